The molecule has 1 fully saturated rings. The second-order valence-corrected chi connectivity index (χ2v) is 14.7. The Morgan fingerprint density at radius 3 is 2.02 bits per heavy atom. The Kier molecular flexibility index (Phi) is 12.2. The van der Waals surface area contributed by atoms with E-state index in [1.165, 1.54) is 12.0 Å². The summed E-state index contributed by atoms with van der Waals surface area (Å²) < 4.78 is 11.2. The number of ether oxygens (including phenoxy) is 2. The zero-order chi connectivity index (χ0) is 30.0. The fourth-order valence-electron chi connectivity index (χ4n) is 5.46. The molecule has 2 aromatic rings. The average molecular weight is 583 g/mol. The summed E-state index contributed by atoms with van der Waals surface area (Å²) in [5.41, 5.74) is 3.06. The summed E-state index contributed by atoms with van der Waals surface area (Å²) in [6.07, 6.45) is 7.89. The van der Waals surface area contributed by atoms with E-state index < -0.39 is 0 Å². The first kappa shape index (κ1) is 33.0. The minimum atomic E-state index is -0.257. The third kappa shape index (κ3) is 11.0. The van der Waals surface area contributed by atoms with Crippen LogP contribution in [0.3, 0.4) is 0 Å². The maximum Gasteiger partial charge on any atom is 0.312 e. The molecule has 2 unspecified atom stereocenters. The molecule has 1 N–H and O–H groups in total. The van der Waals surface area contributed by atoms with Gasteiger partial charge in [0.25, 0.3) is 0 Å². The third-order valence-electron chi connectivity index (χ3n) is 7.77. The van der Waals surface area contributed by atoms with Crippen molar-refractivity contribution in [2.24, 2.45) is 5.92 Å². The Hall–Kier alpha value is -2.47. The van der Waals surface area contributed by atoms with Crippen molar-refractivity contribution in [2.75, 3.05) is 11.5 Å². The number of carbonyl (C=O) groups is 2. The first-order chi connectivity index (χ1) is 19.3. The predicted molar refractivity (Wildman–Crippen MR) is 169 cm³/mol. The van der Waals surface area contributed by atoms with Crippen molar-refractivity contribution in [2.45, 2.75) is 116 Å². The van der Waals surface area contributed by atoms with E-state index in [-0.39, 0.29) is 28.9 Å². The van der Waals surface area contributed by atoms with Gasteiger partial charge in [0.2, 0.25) is 0 Å². The number of phenols is 1. The summed E-state index contributed by atoms with van der Waals surface area (Å²) in [6.45, 7) is 12.9. The van der Waals surface area contributed by atoms with Crippen LogP contribution in [0, 0.1) is 5.92 Å². The average Bonchev–Trinajstić information content (AvgIpc) is 2.87. The van der Waals surface area contributed by atoms with Gasteiger partial charge in [0.1, 0.15) is 17.6 Å². The third-order valence-corrected chi connectivity index (χ3v) is 8.76. The molecule has 0 spiro atoms. The predicted octanol–water partition coefficient (Wildman–Crippen LogP) is 8.53. The highest BCUT2D eigenvalue weighted by Crippen LogP contribution is 2.40. The second-order valence-electron chi connectivity index (χ2n) is 13.5. The van der Waals surface area contributed by atoms with E-state index in [1.54, 1.807) is 23.9 Å². The van der Waals surface area contributed by atoms with Gasteiger partial charge in [0, 0.05) is 11.5 Å². The quantitative estimate of drug-likeness (QED) is 0.172. The zero-order valence-electron chi connectivity index (χ0n) is 26.0. The summed E-state index contributed by atoms with van der Waals surface area (Å²) in [7, 11) is 0. The van der Waals surface area contributed by atoms with E-state index in [4.69, 9.17) is 9.47 Å². The summed E-state index contributed by atoms with van der Waals surface area (Å²) >= 11 is 1.58. The highest BCUT2D eigenvalue weighted by atomic mass is 32.2. The van der Waals surface area contributed by atoms with Crippen LogP contribution in [0.1, 0.15) is 110 Å². The maximum atomic E-state index is 12.6. The molecule has 0 amide bonds. The molecular formula is C35H50O5S. The van der Waals surface area contributed by atoms with E-state index in [0.717, 1.165) is 49.7 Å². The maximum absolute atomic E-state index is 12.6. The van der Waals surface area contributed by atoms with Gasteiger partial charge in [-0.3, -0.25) is 9.59 Å². The molecule has 0 bridgehead atoms. The van der Waals surface area contributed by atoms with Gasteiger partial charge >= 0.3 is 11.9 Å². The van der Waals surface area contributed by atoms with E-state index in [9.17, 15) is 14.7 Å². The molecular weight excluding hydrogens is 532 g/mol. The van der Waals surface area contributed by atoms with Gasteiger partial charge in [0.15, 0.2) is 0 Å². The topological polar surface area (TPSA) is 72.8 Å². The Labute approximate surface area is 251 Å². The van der Waals surface area contributed by atoms with Crippen molar-refractivity contribution < 1.29 is 24.2 Å². The number of hydrogen-bond donors (Lipinski definition) is 1. The Morgan fingerprint density at radius 1 is 0.829 bits per heavy atom. The van der Waals surface area contributed by atoms with Gasteiger partial charge in [-0.15, -0.1) is 0 Å². The van der Waals surface area contributed by atoms with Crippen LogP contribution >= 0.6 is 11.8 Å². The minimum absolute atomic E-state index is 0.0220. The smallest absolute Gasteiger partial charge is 0.312 e. The molecule has 2 aromatic carbocycles. The van der Waals surface area contributed by atoms with Gasteiger partial charge in [0.05, 0.1) is 12.8 Å². The molecule has 1 saturated carbocycles. The summed E-state index contributed by atoms with van der Waals surface area (Å²) in [4.78, 5) is 24.5. The summed E-state index contributed by atoms with van der Waals surface area (Å²) in [6, 6.07) is 13.5. The molecule has 0 saturated heterocycles. The molecule has 1 aliphatic rings. The van der Waals surface area contributed by atoms with Gasteiger partial charge in [-0.25, -0.2) is 0 Å². The standard InChI is InChI=1S/C35H50O5S/c1-34(2,3)29-23-26(24-30(33(29)38)35(4,5)6)22-25-12-10-11-15-28(17-16-25)40-32(37)19-21-41-20-18-31(36)39-27-13-8-7-9-14-27/h7-9,13-14,23-25,28,38H,10-12,15-22H2,1-6H3. The number of benzene rings is 2. The fourth-order valence-corrected chi connectivity index (χ4v) is 6.28. The lowest BCUT2D eigenvalue weighted by atomic mass is 9.77. The number of aromatic hydroxyl groups is 1. The molecule has 6 heteroatoms. The Balaban J connectivity index is 1.45. The van der Waals surface area contributed by atoms with Crippen LogP contribution in [0.25, 0.3) is 0 Å². The van der Waals surface area contributed by atoms with Gasteiger partial charge in [-0.1, -0.05) is 84.7 Å². The van der Waals surface area contributed by atoms with Crippen molar-refractivity contribution in [1.82, 2.24) is 0 Å². The number of carbonyl (C=O) groups excluding carboxylic acids is 2. The molecule has 226 valence electrons. The van der Waals surface area contributed by atoms with Crippen molar-refractivity contribution in [3.05, 3.63) is 59.2 Å². The van der Waals surface area contributed by atoms with E-state index >= 15 is 0 Å². The highest BCUT2D eigenvalue weighted by Gasteiger charge is 2.28. The lowest BCUT2D eigenvalue weighted by molar-refractivity contribution is -0.149. The Bertz CT molecular complexity index is 1090. The van der Waals surface area contributed by atoms with Gasteiger partial charge in [-0.2, -0.15) is 11.8 Å². The molecule has 0 aliphatic heterocycles. The van der Waals surface area contributed by atoms with Crippen molar-refractivity contribution >= 4 is 23.7 Å². The molecule has 0 radical (unpaired) electrons. The molecule has 1 aliphatic carbocycles. The monoisotopic (exact) mass is 582 g/mol. The van der Waals surface area contributed by atoms with E-state index in [2.05, 4.69) is 53.7 Å². The van der Waals surface area contributed by atoms with Crippen LogP contribution in [0.4, 0.5) is 0 Å². The SMILES string of the molecule is CC(C)(C)c1cc(CC2CCCCC(OC(=O)CCSCCC(=O)Oc3ccccc3)CC2)cc(C(C)(C)C)c1O. The number of hydrogen-bond acceptors (Lipinski definition) is 6. The normalized spacial score (nSPS) is 18.3. The van der Waals surface area contributed by atoms with Crippen LogP contribution < -0.4 is 4.74 Å². The molecule has 0 aromatic heterocycles. The fraction of sp³-hybridized carbons (Fsp3) is 0.600. The van der Waals surface area contributed by atoms with Crippen LogP contribution in [0.5, 0.6) is 11.5 Å². The number of esters is 2. The number of phenolic OH excluding ortho intramolecular Hbond substituents is 1. The van der Waals surface area contributed by atoms with Crippen LogP contribution in [-0.2, 0) is 31.6 Å². The van der Waals surface area contributed by atoms with Crippen LogP contribution in [0.15, 0.2) is 42.5 Å². The highest BCUT2D eigenvalue weighted by molar-refractivity contribution is 7.99. The molecule has 3 rings (SSSR count). The van der Waals surface area contributed by atoms with Crippen molar-refractivity contribution in [3.8, 4) is 11.5 Å². The summed E-state index contributed by atoms with van der Waals surface area (Å²) in [5, 5.41) is 11.1. The molecule has 2 atom stereocenters. The van der Waals surface area contributed by atoms with Gasteiger partial charge in [-0.05, 0) is 77.7 Å². The van der Waals surface area contributed by atoms with Crippen molar-refractivity contribution in [3.63, 3.8) is 0 Å². The summed E-state index contributed by atoms with van der Waals surface area (Å²) in [5.74, 6) is 2.38. The van der Waals surface area contributed by atoms with E-state index in [1.807, 2.05) is 18.2 Å². The molecule has 0 heterocycles. The van der Waals surface area contributed by atoms with Crippen molar-refractivity contribution in [1.29, 1.82) is 0 Å². The zero-order valence-corrected chi connectivity index (χ0v) is 26.8. The molecule has 5 nitrogen and oxygen atoms in total. The first-order valence-electron chi connectivity index (χ1n) is 15.2. The van der Waals surface area contributed by atoms with Crippen LogP contribution in [0.2, 0.25) is 0 Å². The molecule has 41 heavy (non-hydrogen) atoms. The number of rotatable bonds is 10. The first-order valence-corrected chi connectivity index (χ1v) is 16.4. The number of para-hydroxylation sites is 1. The lowest BCUT2D eigenvalue weighted by Gasteiger charge is -2.30. The van der Waals surface area contributed by atoms with E-state index in [0.29, 0.717) is 41.8 Å². The lowest BCUT2D eigenvalue weighted by Crippen LogP contribution is -2.22. The number of thioether (sulfide) groups is 1. The van der Waals surface area contributed by atoms with Crippen LogP contribution in [-0.4, -0.2) is 34.7 Å². The minimum Gasteiger partial charge on any atom is -0.507 e. The second kappa shape index (κ2) is 15.1. The largest absolute Gasteiger partial charge is 0.507 e. The Morgan fingerprint density at radius 2 is 1.41 bits per heavy atom. The van der Waals surface area contributed by atoms with Gasteiger partial charge < -0.3 is 14.6 Å².